The van der Waals surface area contributed by atoms with Crippen LogP contribution in [0.5, 0.6) is 0 Å². The normalized spacial score (nSPS) is 14.4. The van der Waals surface area contributed by atoms with Crippen molar-refractivity contribution in [1.82, 2.24) is 10.3 Å². The number of aliphatic hydroxyl groups excluding tert-OH is 1. The van der Waals surface area contributed by atoms with E-state index in [4.69, 9.17) is 0 Å². The molecule has 2 heterocycles. The van der Waals surface area contributed by atoms with Crippen LogP contribution >= 0.6 is 0 Å². The number of aryl methyl sites for hydroxylation is 1. The molecule has 3 rings (SSSR count). The van der Waals surface area contributed by atoms with E-state index in [0.29, 0.717) is 18.5 Å². The number of likely N-dealkylation sites (N-methyl/N-ethyl adjacent to an activating group) is 1. The highest BCUT2D eigenvalue weighted by molar-refractivity contribution is 6.00. The highest BCUT2D eigenvalue weighted by atomic mass is 19.4. The molecule has 180 valence electrons. The second-order valence-corrected chi connectivity index (χ2v) is 8.69. The number of carbonyl (C=O) groups is 2. The number of amides is 2. The first-order chi connectivity index (χ1) is 15.4. The Morgan fingerprint density at radius 2 is 1.91 bits per heavy atom. The van der Waals surface area contributed by atoms with Crippen LogP contribution in [0.3, 0.4) is 0 Å². The second kappa shape index (κ2) is 10.7. The Hall–Kier alpha value is -3.14. The molecule has 2 aromatic rings. The lowest BCUT2D eigenvalue weighted by atomic mass is 9.81. The molecule has 33 heavy (non-hydrogen) atoms. The number of rotatable bonds is 6. The molecule has 7 nitrogen and oxygen atoms in total. The van der Waals surface area contributed by atoms with Gasteiger partial charge in [0.25, 0.3) is 0 Å². The molecule has 1 aliphatic heterocycles. The summed E-state index contributed by atoms with van der Waals surface area (Å²) in [5.41, 5.74) is 2.05. The molecular weight excluding hydrogens is 437 g/mol. The zero-order valence-corrected chi connectivity index (χ0v) is 19.0. The van der Waals surface area contributed by atoms with E-state index in [-0.39, 0.29) is 18.1 Å². The quantitative estimate of drug-likeness (QED) is 0.568. The first kappa shape index (κ1) is 26.1. The van der Waals surface area contributed by atoms with Gasteiger partial charge in [0.2, 0.25) is 12.3 Å². The standard InChI is InChI=1S/C14H18F3NO2.C9H11N3O/c1-13(2,8-19)12(18-9-20)11-5-3-10(4-6-11)7-14(15,16)17;1-6-3-7-9(10-4-6)12(2)5-8(13)11-7/h3-6,9,12,19H,7-8H2,1-2H3,(H,18,20);3-4H,5H2,1-2H3,(H,11,13). The number of aliphatic hydroxyl groups is 1. The van der Waals surface area contributed by atoms with Crippen molar-refractivity contribution in [2.75, 3.05) is 30.4 Å². The number of halogens is 3. The minimum Gasteiger partial charge on any atom is -0.396 e. The molecule has 0 radical (unpaired) electrons. The van der Waals surface area contributed by atoms with Crippen molar-refractivity contribution in [2.45, 2.75) is 39.4 Å². The molecule has 3 N–H and O–H groups in total. The molecule has 1 unspecified atom stereocenters. The molecule has 1 aromatic carbocycles. The predicted molar refractivity (Wildman–Crippen MR) is 120 cm³/mol. The van der Waals surface area contributed by atoms with Gasteiger partial charge in [0, 0.05) is 18.7 Å². The molecular formula is C23H29F3N4O3. The minimum absolute atomic E-state index is 0.0161. The first-order valence-corrected chi connectivity index (χ1v) is 10.3. The number of pyridine rings is 1. The van der Waals surface area contributed by atoms with Crippen molar-refractivity contribution >= 4 is 23.8 Å². The highest BCUT2D eigenvalue weighted by Gasteiger charge is 2.31. The summed E-state index contributed by atoms with van der Waals surface area (Å²) in [7, 11) is 1.86. The number of fused-ring (bicyclic) bond motifs is 1. The first-order valence-electron chi connectivity index (χ1n) is 10.3. The van der Waals surface area contributed by atoms with E-state index in [9.17, 15) is 27.9 Å². The Kier molecular flexibility index (Phi) is 8.43. The molecule has 1 atom stereocenters. The van der Waals surface area contributed by atoms with Gasteiger partial charge in [-0.1, -0.05) is 38.1 Å². The Bertz CT molecular complexity index is 962. The van der Waals surface area contributed by atoms with Crippen molar-refractivity contribution in [1.29, 1.82) is 0 Å². The van der Waals surface area contributed by atoms with E-state index >= 15 is 0 Å². The van der Waals surface area contributed by atoms with E-state index < -0.39 is 24.1 Å². The van der Waals surface area contributed by atoms with E-state index in [1.165, 1.54) is 12.1 Å². The summed E-state index contributed by atoms with van der Waals surface area (Å²) in [5.74, 6) is 0.854. The van der Waals surface area contributed by atoms with Gasteiger partial charge in [-0.3, -0.25) is 9.59 Å². The van der Waals surface area contributed by atoms with Crippen molar-refractivity contribution in [3.05, 3.63) is 53.2 Å². The zero-order chi connectivity index (χ0) is 24.8. The topological polar surface area (TPSA) is 94.6 Å². The fourth-order valence-corrected chi connectivity index (χ4v) is 3.43. The molecule has 1 aromatic heterocycles. The van der Waals surface area contributed by atoms with Crippen LogP contribution < -0.4 is 15.5 Å². The van der Waals surface area contributed by atoms with Gasteiger partial charge in [0.15, 0.2) is 5.82 Å². The lowest BCUT2D eigenvalue weighted by Crippen LogP contribution is -2.36. The van der Waals surface area contributed by atoms with Crippen LogP contribution in [0.2, 0.25) is 0 Å². The second-order valence-electron chi connectivity index (χ2n) is 8.69. The molecule has 0 fully saturated rings. The summed E-state index contributed by atoms with van der Waals surface area (Å²) < 4.78 is 36.8. The molecule has 0 saturated carbocycles. The van der Waals surface area contributed by atoms with Crippen LogP contribution in [0.25, 0.3) is 0 Å². The zero-order valence-electron chi connectivity index (χ0n) is 19.0. The van der Waals surface area contributed by atoms with Gasteiger partial charge in [-0.15, -0.1) is 0 Å². The largest absolute Gasteiger partial charge is 0.396 e. The molecule has 0 bridgehead atoms. The van der Waals surface area contributed by atoms with Crippen molar-refractivity contribution in [3.63, 3.8) is 0 Å². The summed E-state index contributed by atoms with van der Waals surface area (Å²) >= 11 is 0. The Morgan fingerprint density at radius 1 is 1.27 bits per heavy atom. The fraction of sp³-hybridized carbons (Fsp3) is 0.435. The fourth-order valence-electron chi connectivity index (χ4n) is 3.43. The van der Waals surface area contributed by atoms with E-state index in [1.54, 1.807) is 32.2 Å². The van der Waals surface area contributed by atoms with Crippen LogP contribution in [-0.2, 0) is 16.0 Å². The van der Waals surface area contributed by atoms with Gasteiger partial charge in [0.05, 0.1) is 31.3 Å². The molecule has 0 aliphatic carbocycles. The van der Waals surface area contributed by atoms with Crippen LogP contribution in [0.4, 0.5) is 24.7 Å². The summed E-state index contributed by atoms with van der Waals surface area (Å²) in [6.45, 7) is 5.69. The summed E-state index contributed by atoms with van der Waals surface area (Å²) in [5, 5.41) is 14.7. The van der Waals surface area contributed by atoms with Crippen LogP contribution in [-0.4, -0.2) is 48.8 Å². The maximum Gasteiger partial charge on any atom is 0.393 e. The van der Waals surface area contributed by atoms with Gasteiger partial charge in [-0.25, -0.2) is 4.98 Å². The van der Waals surface area contributed by atoms with Crippen molar-refractivity contribution < 1.29 is 27.9 Å². The molecule has 0 spiro atoms. The number of nitrogens with one attached hydrogen (secondary N) is 2. The number of hydrogen-bond donors (Lipinski definition) is 3. The van der Waals surface area contributed by atoms with E-state index in [1.807, 2.05) is 24.9 Å². The lowest BCUT2D eigenvalue weighted by Gasteiger charge is -2.32. The van der Waals surface area contributed by atoms with Gasteiger partial charge in [-0.05, 0) is 29.7 Å². The number of nitrogens with zero attached hydrogens (tertiary/aromatic N) is 2. The van der Waals surface area contributed by atoms with Crippen molar-refractivity contribution in [3.8, 4) is 0 Å². The minimum atomic E-state index is -4.24. The third-order valence-electron chi connectivity index (χ3n) is 5.16. The summed E-state index contributed by atoms with van der Waals surface area (Å²) in [6.07, 6.45) is -2.91. The Labute approximate surface area is 191 Å². The van der Waals surface area contributed by atoms with Crippen LogP contribution in [0.15, 0.2) is 36.5 Å². The number of benzene rings is 1. The van der Waals surface area contributed by atoms with Gasteiger partial charge in [-0.2, -0.15) is 13.2 Å². The van der Waals surface area contributed by atoms with Gasteiger partial charge >= 0.3 is 6.18 Å². The van der Waals surface area contributed by atoms with Gasteiger partial charge < -0.3 is 20.6 Å². The van der Waals surface area contributed by atoms with Gasteiger partial charge in [0.1, 0.15) is 0 Å². The molecule has 10 heteroatoms. The third kappa shape index (κ3) is 7.45. The van der Waals surface area contributed by atoms with E-state index in [0.717, 1.165) is 17.1 Å². The maximum atomic E-state index is 12.3. The SMILES string of the molecule is CC(C)(CO)C(NC=O)c1ccc(CC(F)(F)F)cc1.Cc1cnc2c(c1)NC(=O)CN2C. The molecule has 0 saturated heterocycles. The third-order valence-corrected chi connectivity index (χ3v) is 5.16. The maximum absolute atomic E-state index is 12.3. The number of alkyl halides is 3. The predicted octanol–water partition coefficient (Wildman–Crippen LogP) is 3.38. The van der Waals surface area contributed by atoms with E-state index in [2.05, 4.69) is 15.6 Å². The Morgan fingerprint density at radius 3 is 2.45 bits per heavy atom. The summed E-state index contributed by atoms with van der Waals surface area (Å²) in [4.78, 5) is 27.9. The average molecular weight is 467 g/mol. The van der Waals surface area contributed by atoms with Crippen LogP contribution in [0.1, 0.15) is 36.6 Å². The smallest absolute Gasteiger partial charge is 0.393 e. The Balaban J connectivity index is 0.000000254. The number of carbonyl (C=O) groups excluding carboxylic acids is 2. The van der Waals surface area contributed by atoms with Crippen molar-refractivity contribution in [2.24, 2.45) is 5.41 Å². The number of aromatic nitrogens is 1. The number of hydrogen-bond acceptors (Lipinski definition) is 5. The van der Waals surface area contributed by atoms with Crippen LogP contribution in [0, 0.1) is 12.3 Å². The highest BCUT2D eigenvalue weighted by Crippen LogP contribution is 2.33. The summed E-state index contributed by atoms with van der Waals surface area (Å²) in [6, 6.07) is 7.31. The number of anilines is 2. The molecule has 1 aliphatic rings. The average Bonchev–Trinajstić information content (AvgIpc) is 2.71. The lowest BCUT2D eigenvalue weighted by molar-refractivity contribution is -0.127. The monoisotopic (exact) mass is 466 g/mol. The molecule has 2 amide bonds.